The molecule has 0 unspecified atom stereocenters. The normalized spacial score (nSPS) is 10.3. The quantitative estimate of drug-likeness (QED) is 0.786. The zero-order valence-corrected chi connectivity index (χ0v) is 14.2. The van der Waals surface area contributed by atoms with Crippen LogP contribution >= 0.6 is 11.6 Å². The molecule has 0 saturated heterocycles. The molecule has 2 aromatic carbocycles. The van der Waals surface area contributed by atoms with Crippen LogP contribution in [-0.4, -0.2) is 18.9 Å². The van der Waals surface area contributed by atoms with E-state index in [0.29, 0.717) is 22.5 Å². The highest BCUT2D eigenvalue weighted by Gasteiger charge is 2.15. The van der Waals surface area contributed by atoms with Gasteiger partial charge in [0.15, 0.2) is 0 Å². The van der Waals surface area contributed by atoms with E-state index in [-0.39, 0.29) is 5.69 Å². The predicted octanol–water partition coefficient (Wildman–Crippen LogP) is 3.90. The zero-order chi connectivity index (χ0) is 18.6. The summed E-state index contributed by atoms with van der Waals surface area (Å²) in [6.07, 6.45) is -0.554. The van der Waals surface area contributed by atoms with Crippen molar-refractivity contribution < 1.29 is 23.1 Å². The Balaban J connectivity index is 2.02. The standard InChI is InChI=1S/C17H15ClF2N2O3/c1-9-5-14(15(25-2)7-11(9)18)22-17(24)8-16(23)21-13-4-3-10(19)6-12(13)20/h3-7H,8H2,1-2H3,(H,21,23)(H,22,24). The number of hydrogen-bond donors (Lipinski definition) is 2. The van der Waals surface area contributed by atoms with Crippen molar-refractivity contribution in [3.8, 4) is 5.75 Å². The van der Waals surface area contributed by atoms with Crippen molar-refractivity contribution >= 4 is 34.8 Å². The molecule has 0 aliphatic carbocycles. The molecule has 0 radical (unpaired) electrons. The number of benzene rings is 2. The third-order valence-corrected chi connectivity index (χ3v) is 3.69. The topological polar surface area (TPSA) is 67.4 Å². The summed E-state index contributed by atoms with van der Waals surface area (Å²) in [7, 11) is 1.42. The first-order valence-corrected chi connectivity index (χ1v) is 7.57. The van der Waals surface area contributed by atoms with Gasteiger partial charge in [0.1, 0.15) is 23.8 Å². The molecule has 0 atom stereocenters. The van der Waals surface area contributed by atoms with Crippen LogP contribution in [0.3, 0.4) is 0 Å². The lowest BCUT2D eigenvalue weighted by atomic mass is 10.2. The van der Waals surface area contributed by atoms with Gasteiger partial charge in [-0.05, 0) is 30.7 Å². The third-order valence-electron chi connectivity index (χ3n) is 3.28. The largest absolute Gasteiger partial charge is 0.495 e. The van der Waals surface area contributed by atoms with E-state index in [1.54, 1.807) is 19.1 Å². The third kappa shape index (κ3) is 4.90. The summed E-state index contributed by atoms with van der Waals surface area (Å²) in [5.41, 5.74) is 0.866. The first-order valence-electron chi connectivity index (χ1n) is 7.19. The van der Waals surface area contributed by atoms with Crippen molar-refractivity contribution in [3.05, 3.63) is 52.6 Å². The van der Waals surface area contributed by atoms with Crippen LogP contribution in [-0.2, 0) is 9.59 Å². The number of carbonyl (C=O) groups excluding carboxylic acids is 2. The molecular formula is C17H15ClF2N2O3. The number of rotatable bonds is 5. The summed E-state index contributed by atoms with van der Waals surface area (Å²) in [4.78, 5) is 23.8. The van der Waals surface area contributed by atoms with Gasteiger partial charge in [-0.2, -0.15) is 0 Å². The number of anilines is 2. The van der Waals surface area contributed by atoms with Gasteiger partial charge in [-0.3, -0.25) is 9.59 Å². The number of aryl methyl sites for hydroxylation is 1. The summed E-state index contributed by atoms with van der Waals surface area (Å²) < 4.78 is 31.4. The lowest BCUT2D eigenvalue weighted by molar-refractivity contribution is -0.123. The molecule has 132 valence electrons. The Morgan fingerprint density at radius 3 is 2.32 bits per heavy atom. The summed E-state index contributed by atoms with van der Waals surface area (Å²) >= 11 is 5.98. The number of halogens is 3. The van der Waals surface area contributed by atoms with E-state index in [1.807, 2.05) is 0 Å². The van der Waals surface area contributed by atoms with Gasteiger partial charge in [0, 0.05) is 17.2 Å². The number of methoxy groups -OCH3 is 1. The Morgan fingerprint density at radius 1 is 1.08 bits per heavy atom. The number of hydrogen-bond acceptors (Lipinski definition) is 3. The maximum atomic E-state index is 13.5. The monoisotopic (exact) mass is 368 g/mol. The van der Waals surface area contributed by atoms with Crippen LogP contribution in [0, 0.1) is 18.6 Å². The molecule has 0 spiro atoms. The van der Waals surface area contributed by atoms with Gasteiger partial charge in [-0.15, -0.1) is 0 Å². The highest BCUT2D eigenvalue weighted by Crippen LogP contribution is 2.31. The minimum atomic E-state index is -0.927. The number of nitrogens with one attached hydrogen (secondary N) is 2. The molecule has 8 heteroatoms. The Morgan fingerprint density at radius 2 is 1.72 bits per heavy atom. The first-order chi connectivity index (χ1) is 11.8. The van der Waals surface area contributed by atoms with Crippen LogP contribution in [0.1, 0.15) is 12.0 Å². The molecule has 0 aliphatic rings. The van der Waals surface area contributed by atoms with Gasteiger partial charge in [0.25, 0.3) is 0 Å². The number of amides is 2. The van der Waals surface area contributed by atoms with Gasteiger partial charge in [-0.25, -0.2) is 8.78 Å². The van der Waals surface area contributed by atoms with Gasteiger partial charge < -0.3 is 15.4 Å². The lowest BCUT2D eigenvalue weighted by Gasteiger charge is -2.12. The van der Waals surface area contributed by atoms with E-state index >= 15 is 0 Å². The second-order valence-electron chi connectivity index (χ2n) is 5.20. The maximum Gasteiger partial charge on any atom is 0.233 e. The van der Waals surface area contributed by atoms with Crippen molar-refractivity contribution in [1.82, 2.24) is 0 Å². The predicted molar refractivity (Wildman–Crippen MR) is 91.0 cm³/mol. The van der Waals surface area contributed by atoms with E-state index in [1.165, 1.54) is 7.11 Å². The van der Waals surface area contributed by atoms with E-state index in [9.17, 15) is 18.4 Å². The van der Waals surface area contributed by atoms with Gasteiger partial charge in [0.2, 0.25) is 11.8 Å². The molecule has 0 saturated carbocycles. The van der Waals surface area contributed by atoms with E-state index < -0.39 is 29.9 Å². The molecule has 25 heavy (non-hydrogen) atoms. The molecular weight excluding hydrogens is 354 g/mol. The van der Waals surface area contributed by atoms with Crippen molar-refractivity contribution in [1.29, 1.82) is 0 Å². The molecule has 0 bridgehead atoms. The van der Waals surface area contributed by atoms with Crippen LogP contribution in [0.5, 0.6) is 5.75 Å². The zero-order valence-electron chi connectivity index (χ0n) is 13.5. The van der Waals surface area contributed by atoms with Crippen molar-refractivity contribution in [2.75, 3.05) is 17.7 Å². The molecule has 0 aromatic heterocycles. The van der Waals surface area contributed by atoms with Crippen molar-refractivity contribution in [3.63, 3.8) is 0 Å². The highest BCUT2D eigenvalue weighted by atomic mass is 35.5. The average Bonchev–Trinajstić information content (AvgIpc) is 2.53. The molecule has 2 aromatic rings. The van der Waals surface area contributed by atoms with Crippen LogP contribution < -0.4 is 15.4 Å². The molecule has 2 rings (SSSR count). The maximum absolute atomic E-state index is 13.5. The Kier molecular flexibility index (Phi) is 5.93. The van der Waals surface area contributed by atoms with E-state index in [0.717, 1.165) is 17.7 Å². The van der Waals surface area contributed by atoms with Crippen molar-refractivity contribution in [2.45, 2.75) is 13.3 Å². The second-order valence-corrected chi connectivity index (χ2v) is 5.61. The molecule has 5 nitrogen and oxygen atoms in total. The summed E-state index contributed by atoms with van der Waals surface area (Å²) in [5, 5.41) is 5.21. The van der Waals surface area contributed by atoms with Gasteiger partial charge in [0.05, 0.1) is 18.5 Å². The van der Waals surface area contributed by atoms with Crippen LogP contribution in [0.25, 0.3) is 0 Å². The van der Waals surface area contributed by atoms with Crippen LogP contribution in [0.15, 0.2) is 30.3 Å². The van der Waals surface area contributed by atoms with Gasteiger partial charge >= 0.3 is 0 Å². The summed E-state index contributed by atoms with van der Waals surface area (Å²) in [5.74, 6) is -2.72. The van der Waals surface area contributed by atoms with E-state index in [4.69, 9.17) is 16.3 Å². The molecule has 0 fully saturated rings. The Bertz CT molecular complexity index is 828. The van der Waals surface area contributed by atoms with E-state index in [2.05, 4.69) is 10.6 Å². The summed E-state index contributed by atoms with van der Waals surface area (Å²) in [6, 6.07) is 5.86. The SMILES string of the molecule is COc1cc(Cl)c(C)cc1NC(=O)CC(=O)Nc1ccc(F)cc1F. The smallest absolute Gasteiger partial charge is 0.233 e. The minimum absolute atomic E-state index is 0.209. The fourth-order valence-corrected chi connectivity index (χ4v) is 2.21. The fourth-order valence-electron chi connectivity index (χ4n) is 2.06. The summed E-state index contributed by atoms with van der Waals surface area (Å²) in [6.45, 7) is 1.75. The number of ether oxygens (including phenoxy) is 1. The van der Waals surface area contributed by atoms with Crippen LogP contribution in [0.4, 0.5) is 20.2 Å². The van der Waals surface area contributed by atoms with Crippen molar-refractivity contribution in [2.24, 2.45) is 0 Å². The number of carbonyl (C=O) groups is 2. The highest BCUT2D eigenvalue weighted by molar-refractivity contribution is 6.31. The molecule has 0 aliphatic heterocycles. The fraction of sp³-hybridized carbons (Fsp3) is 0.176. The molecule has 2 amide bonds. The molecule has 0 heterocycles. The lowest BCUT2D eigenvalue weighted by Crippen LogP contribution is -2.22. The minimum Gasteiger partial charge on any atom is -0.495 e. The molecule has 2 N–H and O–H groups in total. The Hall–Kier alpha value is -2.67. The Labute approximate surface area is 147 Å². The van der Waals surface area contributed by atoms with Gasteiger partial charge in [-0.1, -0.05) is 11.6 Å². The first kappa shape index (κ1) is 18.7. The van der Waals surface area contributed by atoms with Crippen LogP contribution in [0.2, 0.25) is 5.02 Å². The second kappa shape index (κ2) is 7.94. The average molecular weight is 369 g/mol.